The van der Waals surface area contributed by atoms with Crippen molar-refractivity contribution >= 4 is 11.3 Å². The molecule has 0 radical (unpaired) electrons. The Kier molecular flexibility index (Phi) is 2.36. The Morgan fingerprint density at radius 3 is 3.08 bits per heavy atom. The summed E-state index contributed by atoms with van der Waals surface area (Å²) in [4.78, 5) is 5.75. The van der Waals surface area contributed by atoms with Crippen molar-refractivity contribution in [2.24, 2.45) is 5.73 Å². The molecule has 13 heavy (non-hydrogen) atoms. The zero-order chi connectivity index (χ0) is 9.42. The van der Waals surface area contributed by atoms with Crippen molar-refractivity contribution in [2.75, 3.05) is 0 Å². The fraction of sp³-hybridized carbons (Fsp3) is 0.667. The van der Waals surface area contributed by atoms with E-state index in [-0.39, 0.29) is 12.2 Å². The van der Waals surface area contributed by atoms with Gasteiger partial charge in [0, 0.05) is 13.0 Å². The van der Waals surface area contributed by atoms with Gasteiger partial charge in [-0.25, -0.2) is 4.98 Å². The lowest BCUT2D eigenvalue weighted by Crippen LogP contribution is -2.20. The molecule has 3 nitrogen and oxygen atoms in total. The minimum Gasteiger partial charge on any atom is -0.370 e. The predicted octanol–water partition coefficient (Wildman–Crippen LogP) is 1.62. The van der Waals surface area contributed by atoms with Crippen LogP contribution in [-0.2, 0) is 17.7 Å². The Morgan fingerprint density at radius 2 is 2.38 bits per heavy atom. The highest BCUT2D eigenvalue weighted by Gasteiger charge is 2.25. The average Bonchev–Trinajstić information content (AvgIpc) is 2.47. The number of hydrogen-bond donors (Lipinski definition) is 1. The summed E-state index contributed by atoms with van der Waals surface area (Å²) in [5, 5.41) is 1.02. The fourth-order valence-electron chi connectivity index (χ4n) is 1.70. The first kappa shape index (κ1) is 9.12. The second kappa shape index (κ2) is 3.36. The van der Waals surface area contributed by atoms with Crippen LogP contribution >= 0.6 is 11.3 Å². The van der Waals surface area contributed by atoms with E-state index >= 15 is 0 Å². The van der Waals surface area contributed by atoms with Crippen LogP contribution in [0.2, 0.25) is 0 Å². The van der Waals surface area contributed by atoms with Gasteiger partial charge >= 0.3 is 0 Å². The SMILES string of the molecule is CC1Cc2nc(CN)sc2C(C)O1. The van der Waals surface area contributed by atoms with Gasteiger partial charge in [0.2, 0.25) is 0 Å². The monoisotopic (exact) mass is 198 g/mol. The third-order valence-electron chi connectivity index (χ3n) is 2.23. The van der Waals surface area contributed by atoms with Crippen LogP contribution < -0.4 is 5.73 Å². The van der Waals surface area contributed by atoms with E-state index in [0.29, 0.717) is 6.54 Å². The van der Waals surface area contributed by atoms with Gasteiger partial charge in [-0.2, -0.15) is 0 Å². The maximum absolute atomic E-state index is 5.70. The van der Waals surface area contributed by atoms with Crippen molar-refractivity contribution in [3.05, 3.63) is 15.6 Å². The topological polar surface area (TPSA) is 48.1 Å². The van der Waals surface area contributed by atoms with E-state index in [1.54, 1.807) is 11.3 Å². The summed E-state index contributed by atoms with van der Waals surface area (Å²) in [5.41, 5.74) is 6.74. The lowest BCUT2D eigenvalue weighted by molar-refractivity contribution is -0.00318. The molecule has 0 aliphatic carbocycles. The first-order valence-corrected chi connectivity index (χ1v) is 5.36. The highest BCUT2D eigenvalue weighted by atomic mass is 32.1. The van der Waals surface area contributed by atoms with E-state index in [0.717, 1.165) is 11.4 Å². The fourth-order valence-corrected chi connectivity index (χ4v) is 2.66. The highest BCUT2D eigenvalue weighted by Crippen LogP contribution is 2.33. The molecule has 0 aromatic carbocycles. The lowest BCUT2D eigenvalue weighted by Gasteiger charge is -2.23. The number of hydrogen-bond acceptors (Lipinski definition) is 4. The number of thiazole rings is 1. The van der Waals surface area contributed by atoms with E-state index in [9.17, 15) is 0 Å². The molecule has 2 rings (SSSR count). The van der Waals surface area contributed by atoms with Gasteiger partial charge < -0.3 is 10.5 Å². The van der Waals surface area contributed by atoms with Crippen molar-refractivity contribution in [3.8, 4) is 0 Å². The molecular weight excluding hydrogens is 184 g/mol. The molecule has 0 fully saturated rings. The molecule has 2 N–H and O–H groups in total. The summed E-state index contributed by atoms with van der Waals surface area (Å²) in [6.45, 7) is 4.70. The summed E-state index contributed by atoms with van der Waals surface area (Å²) >= 11 is 1.68. The molecular formula is C9H14N2OS. The summed E-state index contributed by atoms with van der Waals surface area (Å²) in [7, 11) is 0. The average molecular weight is 198 g/mol. The number of nitrogens with zero attached hydrogens (tertiary/aromatic N) is 1. The first-order valence-electron chi connectivity index (χ1n) is 4.54. The van der Waals surface area contributed by atoms with Crippen LogP contribution in [0, 0.1) is 0 Å². The van der Waals surface area contributed by atoms with Crippen molar-refractivity contribution in [2.45, 2.75) is 39.0 Å². The molecule has 0 spiro atoms. The molecule has 0 amide bonds. The molecule has 72 valence electrons. The van der Waals surface area contributed by atoms with Crippen molar-refractivity contribution in [3.63, 3.8) is 0 Å². The van der Waals surface area contributed by atoms with Crippen LogP contribution in [0.4, 0.5) is 0 Å². The third-order valence-corrected chi connectivity index (χ3v) is 3.51. The molecule has 2 unspecified atom stereocenters. The van der Waals surface area contributed by atoms with Crippen LogP contribution in [0.1, 0.15) is 35.5 Å². The number of fused-ring (bicyclic) bond motifs is 1. The minimum absolute atomic E-state index is 0.191. The standard InChI is InChI=1S/C9H14N2OS/c1-5-3-7-9(6(2)12-5)13-8(4-10)11-7/h5-6H,3-4,10H2,1-2H3. The maximum Gasteiger partial charge on any atom is 0.107 e. The predicted molar refractivity (Wildman–Crippen MR) is 52.7 cm³/mol. The Hall–Kier alpha value is -0.450. The quantitative estimate of drug-likeness (QED) is 0.746. The van der Waals surface area contributed by atoms with Crippen molar-refractivity contribution < 1.29 is 4.74 Å². The third kappa shape index (κ3) is 1.61. The largest absolute Gasteiger partial charge is 0.370 e. The van der Waals surface area contributed by atoms with Gasteiger partial charge in [-0.3, -0.25) is 0 Å². The zero-order valence-corrected chi connectivity index (χ0v) is 8.73. The molecule has 2 atom stereocenters. The zero-order valence-electron chi connectivity index (χ0n) is 7.91. The van der Waals surface area contributed by atoms with Crippen LogP contribution in [0.5, 0.6) is 0 Å². The summed E-state index contributed by atoms with van der Waals surface area (Å²) in [6, 6.07) is 0. The second-order valence-electron chi connectivity index (χ2n) is 3.42. The first-order chi connectivity index (χ1) is 6.20. The molecule has 1 aromatic rings. The van der Waals surface area contributed by atoms with Gasteiger partial charge in [0.05, 0.1) is 22.8 Å². The number of nitrogens with two attached hydrogens (primary N) is 1. The normalized spacial score (nSPS) is 27.3. The molecule has 1 aliphatic rings. The van der Waals surface area contributed by atoms with Gasteiger partial charge in [0.15, 0.2) is 0 Å². The molecule has 4 heteroatoms. The summed E-state index contributed by atoms with van der Waals surface area (Å²) < 4.78 is 5.70. The molecule has 0 bridgehead atoms. The molecule has 1 aliphatic heterocycles. The van der Waals surface area contributed by atoms with Crippen LogP contribution in [0.25, 0.3) is 0 Å². The minimum atomic E-state index is 0.191. The van der Waals surface area contributed by atoms with Crippen molar-refractivity contribution in [1.82, 2.24) is 4.98 Å². The molecule has 2 heterocycles. The van der Waals surface area contributed by atoms with Gasteiger partial charge in [0.25, 0.3) is 0 Å². The Balaban J connectivity index is 2.35. The van der Waals surface area contributed by atoms with E-state index in [4.69, 9.17) is 10.5 Å². The summed E-state index contributed by atoms with van der Waals surface area (Å²) in [5.74, 6) is 0. The van der Waals surface area contributed by atoms with Gasteiger partial charge in [-0.15, -0.1) is 11.3 Å². The summed E-state index contributed by atoms with van der Waals surface area (Å²) in [6.07, 6.45) is 1.41. The van der Waals surface area contributed by atoms with E-state index < -0.39 is 0 Å². The van der Waals surface area contributed by atoms with E-state index in [1.165, 1.54) is 10.6 Å². The maximum atomic E-state index is 5.70. The van der Waals surface area contributed by atoms with Gasteiger partial charge in [-0.05, 0) is 13.8 Å². The lowest BCUT2D eigenvalue weighted by atomic mass is 10.1. The Labute approximate surface area is 81.9 Å². The Bertz CT molecular complexity index is 311. The number of rotatable bonds is 1. The van der Waals surface area contributed by atoms with E-state index in [1.807, 2.05) is 0 Å². The van der Waals surface area contributed by atoms with E-state index in [2.05, 4.69) is 18.8 Å². The highest BCUT2D eigenvalue weighted by molar-refractivity contribution is 7.11. The van der Waals surface area contributed by atoms with Crippen LogP contribution in [0.15, 0.2) is 0 Å². The number of aromatic nitrogens is 1. The molecule has 1 aromatic heterocycles. The smallest absolute Gasteiger partial charge is 0.107 e. The van der Waals surface area contributed by atoms with Gasteiger partial charge in [0.1, 0.15) is 5.01 Å². The second-order valence-corrected chi connectivity index (χ2v) is 4.53. The molecule has 0 saturated heterocycles. The van der Waals surface area contributed by atoms with Gasteiger partial charge in [-0.1, -0.05) is 0 Å². The number of ether oxygens (including phenoxy) is 1. The van der Waals surface area contributed by atoms with Crippen LogP contribution in [0.3, 0.4) is 0 Å². The Morgan fingerprint density at radius 1 is 1.62 bits per heavy atom. The van der Waals surface area contributed by atoms with Crippen molar-refractivity contribution in [1.29, 1.82) is 0 Å². The van der Waals surface area contributed by atoms with Crippen LogP contribution in [-0.4, -0.2) is 11.1 Å². The molecule has 0 saturated carbocycles.